The van der Waals surface area contributed by atoms with Crippen LogP contribution >= 0.6 is 0 Å². The average Bonchev–Trinajstić information content (AvgIpc) is 3.24. The zero-order chi connectivity index (χ0) is 13.8. The van der Waals surface area contributed by atoms with Crippen LogP contribution in [-0.4, -0.2) is 60.9 Å². The molecule has 2 atom stereocenters. The van der Waals surface area contributed by atoms with Gasteiger partial charge in [-0.05, 0) is 19.4 Å². The van der Waals surface area contributed by atoms with Gasteiger partial charge in [0.05, 0.1) is 11.8 Å². The molecule has 108 valence electrons. The molecule has 1 saturated carbocycles. The van der Waals surface area contributed by atoms with Gasteiger partial charge in [-0.25, -0.2) is 0 Å². The van der Waals surface area contributed by atoms with E-state index in [-0.39, 0.29) is 23.7 Å². The number of carbonyl (C=O) groups is 2. The maximum Gasteiger partial charge on any atom is 0.226 e. The van der Waals surface area contributed by atoms with Crippen molar-refractivity contribution >= 4 is 11.8 Å². The summed E-state index contributed by atoms with van der Waals surface area (Å²) in [6.45, 7) is 9.48. The maximum absolute atomic E-state index is 12.3. The third kappa shape index (κ3) is 3.47. The molecule has 0 aromatic carbocycles. The van der Waals surface area contributed by atoms with Crippen LogP contribution in [0.3, 0.4) is 0 Å². The normalized spacial score (nSPS) is 27.2. The number of nitrogens with one attached hydrogen (secondary N) is 1. The molecule has 0 aromatic heterocycles. The topological polar surface area (TPSA) is 52.7 Å². The van der Waals surface area contributed by atoms with E-state index in [2.05, 4.69) is 17.1 Å². The predicted molar refractivity (Wildman–Crippen MR) is 73.6 cm³/mol. The molecule has 2 unspecified atom stereocenters. The molecule has 2 aliphatic rings. The number of rotatable bonds is 5. The lowest BCUT2D eigenvalue weighted by Gasteiger charge is -2.34. The lowest BCUT2D eigenvalue weighted by atomic mass is 10.2. The van der Waals surface area contributed by atoms with Crippen LogP contribution < -0.4 is 5.32 Å². The Morgan fingerprint density at radius 2 is 1.79 bits per heavy atom. The highest BCUT2D eigenvalue weighted by Gasteiger charge is 2.49. The van der Waals surface area contributed by atoms with Gasteiger partial charge < -0.3 is 15.1 Å². The fourth-order valence-corrected chi connectivity index (χ4v) is 2.66. The Balaban J connectivity index is 1.75. The minimum Gasteiger partial charge on any atom is -0.356 e. The van der Waals surface area contributed by atoms with Crippen molar-refractivity contribution in [2.75, 3.05) is 39.3 Å². The van der Waals surface area contributed by atoms with Crippen LogP contribution in [0.1, 0.15) is 26.7 Å². The van der Waals surface area contributed by atoms with E-state index in [4.69, 9.17) is 0 Å². The van der Waals surface area contributed by atoms with E-state index in [1.807, 2.05) is 11.8 Å². The summed E-state index contributed by atoms with van der Waals surface area (Å²) >= 11 is 0. The SMILES string of the molecule is CCCNC(=O)C1CC1C(=O)N1CCN(CC)CC1. The molecule has 2 rings (SSSR count). The molecule has 0 bridgehead atoms. The highest BCUT2D eigenvalue weighted by molar-refractivity contribution is 5.92. The van der Waals surface area contributed by atoms with Crippen molar-refractivity contribution in [3.05, 3.63) is 0 Å². The summed E-state index contributed by atoms with van der Waals surface area (Å²) in [4.78, 5) is 28.3. The van der Waals surface area contributed by atoms with E-state index in [0.717, 1.165) is 45.6 Å². The van der Waals surface area contributed by atoms with Gasteiger partial charge in [0.15, 0.2) is 0 Å². The fraction of sp³-hybridized carbons (Fsp3) is 0.857. The smallest absolute Gasteiger partial charge is 0.226 e. The molecule has 1 heterocycles. The van der Waals surface area contributed by atoms with E-state index in [1.54, 1.807) is 0 Å². The Morgan fingerprint density at radius 3 is 2.37 bits per heavy atom. The minimum absolute atomic E-state index is 0.0509. The molecule has 1 aliphatic heterocycles. The van der Waals surface area contributed by atoms with Crippen molar-refractivity contribution in [1.82, 2.24) is 15.1 Å². The summed E-state index contributed by atoms with van der Waals surface area (Å²) in [5.74, 6) is 0.132. The lowest BCUT2D eigenvalue weighted by Crippen LogP contribution is -2.49. The summed E-state index contributed by atoms with van der Waals surface area (Å²) in [5, 5.41) is 2.88. The molecule has 1 saturated heterocycles. The highest BCUT2D eigenvalue weighted by atomic mass is 16.2. The first-order valence-corrected chi connectivity index (χ1v) is 7.46. The standard InChI is InChI=1S/C14H25N3O2/c1-3-5-15-13(18)11-10-12(11)14(19)17-8-6-16(4-2)7-9-17/h11-12H,3-10H2,1-2H3,(H,15,18). The van der Waals surface area contributed by atoms with Crippen LogP contribution in [0, 0.1) is 11.8 Å². The number of nitrogens with zero attached hydrogens (tertiary/aromatic N) is 2. The Bertz CT molecular complexity index is 338. The molecule has 0 aromatic rings. The molecule has 0 spiro atoms. The molecule has 2 amide bonds. The van der Waals surface area contributed by atoms with Gasteiger partial charge in [-0.2, -0.15) is 0 Å². The van der Waals surface area contributed by atoms with Crippen molar-refractivity contribution in [3.8, 4) is 0 Å². The van der Waals surface area contributed by atoms with Crippen LogP contribution in [-0.2, 0) is 9.59 Å². The van der Waals surface area contributed by atoms with E-state index in [1.165, 1.54) is 0 Å². The summed E-state index contributed by atoms with van der Waals surface area (Å²) in [6, 6.07) is 0. The van der Waals surface area contributed by atoms with E-state index in [0.29, 0.717) is 6.54 Å². The van der Waals surface area contributed by atoms with Gasteiger partial charge >= 0.3 is 0 Å². The van der Waals surface area contributed by atoms with E-state index >= 15 is 0 Å². The number of hydrogen-bond donors (Lipinski definition) is 1. The Kier molecular flexibility index (Phi) is 4.80. The van der Waals surface area contributed by atoms with Gasteiger partial charge in [-0.3, -0.25) is 9.59 Å². The van der Waals surface area contributed by atoms with Gasteiger partial charge in [-0.1, -0.05) is 13.8 Å². The van der Waals surface area contributed by atoms with Gasteiger partial charge in [0.1, 0.15) is 0 Å². The summed E-state index contributed by atoms with van der Waals surface area (Å²) < 4.78 is 0. The molecule has 5 heteroatoms. The lowest BCUT2D eigenvalue weighted by molar-refractivity contribution is -0.136. The van der Waals surface area contributed by atoms with Crippen molar-refractivity contribution in [3.63, 3.8) is 0 Å². The third-order valence-electron chi connectivity index (χ3n) is 4.12. The van der Waals surface area contributed by atoms with Gasteiger partial charge in [0.2, 0.25) is 11.8 Å². The third-order valence-corrected chi connectivity index (χ3v) is 4.12. The first-order chi connectivity index (χ1) is 9.17. The Morgan fingerprint density at radius 1 is 1.11 bits per heavy atom. The van der Waals surface area contributed by atoms with E-state index < -0.39 is 0 Å². The monoisotopic (exact) mass is 267 g/mol. The van der Waals surface area contributed by atoms with Crippen LogP contribution in [0.4, 0.5) is 0 Å². The van der Waals surface area contributed by atoms with Crippen molar-refractivity contribution in [1.29, 1.82) is 0 Å². The molecular formula is C14H25N3O2. The molecule has 5 nitrogen and oxygen atoms in total. The van der Waals surface area contributed by atoms with Crippen molar-refractivity contribution in [2.24, 2.45) is 11.8 Å². The second kappa shape index (κ2) is 6.37. The van der Waals surface area contributed by atoms with Crippen molar-refractivity contribution in [2.45, 2.75) is 26.7 Å². The van der Waals surface area contributed by atoms with Crippen LogP contribution in [0.2, 0.25) is 0 Å². The number of piperazine rings is 1. The van der Waals surface area contributed by atoms with Crippen LogP contribution in [0.5, 0.6) is 0 Å². The van der Waals surface area contributed by atoms with Gasteiger partial charge in [-0.15, -0.1) is 0 Å². The molecule has 1 aliphatic carbocycles. The number of likely N-dealkylation sites (N-methyl/N-ethyl adjacent to an activating group) is 1. The first kappa shape index (κ1) is 14.3. The van der Waals surface area contributed by atoms with Crippen molar-refractivity contribution < 1.29 is 9.59 Å². The van der Waals surface area contributed by atoms with Gasteiger partial charge in [0, 0.05) is 32.7 Å². The number of amides is 2. The molecule has 19 heavy (non-hydrogen) atoms. The minimum atomic E-state index is -0.0664. The quantitative estimate of drug-likeness (QED) is 0.780. The maximum atomic E-state index is 12.3. The summed E-state index contributed by atoms with van der Waals surface area (Å²) in [6.07, 6.45) is 1.68. The zero-order valence-corrected chi connectivity index (χ0v) is 12.0. The number of carbonyl (C=O) groups excluding carboxylic acids is 2. The Labute approximate surface area is 115 Å². The number of hydrogen-bond acceptors (Lipinski definition) is 3. The highest BCUT2D eigenvalue weighted by Crippen LogP contribution is 2.40. The molecule has 2 fully saturated rings. The summed E-state index contributed by atoms with van der Waals surface area (Å²) in [7, 11) is 0. The van der Waals surface area contributed by atoms with E-state index in [9.17, 15) is 9.59 Å². The largest absolute Gasteiger partial charge is 0.356 e. The average molecular weight is 267 g/mol. The molecule has 1 N–H and O–H groups in total. The Hall–Kier alpha value is -1.10. The van der Waals surface area contributed by atoms with Crippen LogP contribution in [0.15, 0.2) is 0 Å². The van der Waals surface area contributed by atoms with Crippen LogP contribution in [0.25, 0.3) is 0 Å². The van der Waals surface area contributed by atoms with Gasteiger partial charge in [0.25, 0.3) is 0 Å². The predicted octanol–water partition coefficient (Wildman–Crippen LogP) is 0.313. The fourth-order valence-electron chi connectivity index (χ4n) is 2.66. The molecule has 0 radical (unpaired) electrons. The second-order valence-electron chi connectivity index (χ2n) is 5.50. The second-order valence-corrected chi connectivity index (χ2v) is 5.50. The zero-order valence-electron chi connectivity index (χ0n) is 12.0. The molecular weight excluding hydrogens is 242 g/mol. The summed E-state index contributed by atoms with van der Waals surface area (Å²) in [5.41, 5.74) is 0. The first-order valence-electron chi connectivity index (χ1n) is 7.46.